The summed E-state index contributed by atoms with van der Waals surface area (Å²) in [5, 5.41) is 15.2. The van der Waals surface area contributed by atoms with Crippen molar-refractivity contribution < 1.29 is 0 Å². The van der Waals surface area contributed by atoms with Gasteiger partial charge >= 0.3 is 0 Å². The van der Waals surface area contributed by atoms with Crippen LogP contribution >= 0.6 is 22.7 Å². The Morgan fingerprint density at radius 3 is 1.98 bits per heavy atom. The monoisotopic (exact) mass is 542 g/mol. The molecule has 0 fully saturated rings. The topological polar surface area (TPSA) is 0 Å². The van der Waals surface area contributed by atoms with Crippen molar-refractivity contribution in [3.05, 3.63) is 133 Å². The predicted molar refractivity (Wildman–Crippen MR) is 178 cm³/mol. The molecule has 0 aliphatic heterocycles. The molecule has 9 rings (SSSR count). The van der Waals surface area contributed by atoms with Gasteiger partial charge in [-0.2, -0.15) is 0 Å². The largest absolute Gasteiger partial charge is 0.144 e. The van der Waals surface area contributed by atoms with Gasteiger partial charge < -0.3 is 0 Å². The van der Waals surface area contributed by atoms with E-state index in [-0.39, 0.29) is 0 Å². The van der Waals surface area contributed by atoms with Gasteiger partial charge in [-0.1, -0.05) is 97.1 Å². The number of rotatable bonds is 2. The normalized spacial score (nSPS) is 12.0. The average molecular weight is 543 g/mol. The Labute approximate surface area is 239 Å². The van der Waals surface area contributed by atoms with Crippen LogP contribution in [0.4, 0.5) is 0 Å². The first-order valence-electron chi connectivity index (χ1n) is 13.6. The van der Waals surface area contributed by atoms with E-state index in [1.54, 1.807) is 0 Å². The Morgan fingerprint density at radius 2 is 1.10 bits per heavy atom. The third-order valence-corrected chi connectivity index (χ3v) is 10.3. The summed E-state index contributed by atoms with van der Waals surface area (Å²) in [4.78, 5) is 1.33. The number of thiophene rings is 2. The second-order valence-corrected chi connectivity index (χ2v) is 12.6. The summed E-state index contributed by atoms with van der Waals surface area (Å²) in [6.07, 6.45) is 0. The number of fused-ring (bicyclic) bond motifs is 7. The van der Waals surface area contributed by atoms with Crippen LogP contribution in [0.3, 0.4) is 0 Å². The maximum absolute atomic E-state index is 2.41. The highest BCUT2D eigenvalue weighted by Gasteiger charge is 2.20. The molecule has 0 atom stereocenters. The summed E-state index contributed by atoms with van der Waals surface area (Å²) in [5.41, 5.74) is 3.92. The molecule has 0 radical (unpaired) electrons. The van der Waals surface area contributed by atoms with E-state index in [2.05, 4.69) is 133 Å². The molecule has 9 aromatic rings. The van der Waals surface area contributed by atoms with E-state index in [0.717, 1.165) is 0 Å². The van der Waals surface area contributed by atoms with E-state index in [9.17, 15) is 0 Å². The van der Waals surface area contributed by atoms with Crippen molar-refractivity contribution in [2.24, 2.45) is 0 Å². The van der Waals surface area contributed by atoms with Crippen molar-refractivity contribution in [3.63, 3.8) is 0 Å². The van der Waals surface area contributed by atoms with Crippen LogP contribution in [-0.4, -0.2) is 0 Å². The number of hydrogen-bond donors (Lipinski definition) is 0. The fourth-order valence-corrected chi connectivity index (χ4v) is 8.46. The Morgan fingerprint density at radius 1 is 0.400 bits per heavy atom. The molecular formula is C38H22S2. The molecule has 2 aromatic heterocycles. The van der Waals surface area contributed by atoms with Crippen LogP contribution in [0.5, 0.6) is 0 Å². The van der Waals surface area contributed by atoms with Crippen LogP contribution in [-0.2, 0) is 0 Å². The molecule has 0 spiro atoms. The standard InChI is InChI=1S/C38H22S2/c1-2-9-25-19-27(14-13-23(25)7-1)36-30-11-5-6-12-31(30)37(32-16-15-24-8-3-4-10-29(24)38(32)36)35-22-28-21-33-26(17-18-39-33)20-34(28)40-35/h1-22H. The molecule has 7 aromatic carbocycles. The Hall–Kier alpha value is -4.50. The Bertz CT molecular complexity index is 2390. The third-order valence-electron chi connectivity index (χ3n) is 8.29. The van der Waals surface area contributed by atoms with Crippen molar-refractivity contribution in [1.82, 2.24) is 0 Å². The van der Waals surface area contributed by atoms with Crippen molar-refractivity contribution in [3.8, 4) is 21.6 Å². The Balaban J connectivity index is 1.46. The molecule has 40 heavy (non-hydrogen) atoms. The molecule has 0 N–H and O–H groups in total. The summed E-state index contributed by atoms with van der Waals surface area (Å²) in [5.74, 6) is 0. The fourth-order valence-electron chi connectivity index (χ4n) is 6.48. The van der Waals surface area contributed by atoms with Crippen molar-refractivity contribution in [2.75, 3.05) is 0 Å². The second-order valence-electron chi connectivity index (χ2n) is 10.5. The first kappa shape index (κ1) is 22.3. The minimum Gasteiger partial charge on any atom is -0.144 e. The van der Waals surface area contributed by atoms with Gasteiger partial charge in [0.2, 0.25) is 0 Å². The van der Waals surface area contributed by atoms with Crippen LogP contribution in [0, 0.1) is 0 Å². The molecule has 0 bridgehead atoms. The number of benzene rings is 7. The highest BCUT2D eigenvalue weighted by Crippen LogP contribution is 2.49. The van der Waals surface area contributed by atoms with Crippen LogP contribution < -0.4 is 0 Å². The fraction of sp³-hybridized carbons (Fsp3) is 0. The minimum absolute atomic E-state index is 1.26. The molecule has 0 amide bonds. The summed E-state index contributed by atoms with van der Waals surface area (Å²) in [6, 6.07) is 47.4. The van der Waals surface area contributed by atoms with Gasteiger partial charge in [-0.25, -0.2) is 0 Å². The maximum atomic E-state index is 2.41. The molecule has 0 nitrogen and oxygen atoms in total. The van der Waals surface area contributed by atoms with Crippen LogP contribution in [0.25, 0.3) is 84.8 Å². The molecule has 0 saturated heterocycles. The Kier molecular flexibility index (Phi) is 4.74. The van der Waals surface area contributed by atoms with Crippen molar-refractivity contribution in [2.45, 2.75) is 0 Å². The summed E-state index contributed by atoms with van der Waals surface area (Å²) < 4.78 is 2.70. The zero-order chi connectivity index (χ0) is 26.2. The minimum atomic E-state index is 1.26. The quantitative estimate of drug-likeness (QED) is 0.150. The van der Waals surface area contributed by atoms with Crippen LogP contribution in [0.15, 0.2) is 133 Å². The molecule has 0 unspecified atom stereocenters. The first-order chi connectivity index (χ1) is 19.8. The molecule has 2 heterocycles. The van der Waals surface area contributed by atoms with Gasteiger partial charge in [0, 0.05) is 19.8 Å². The average Bonchev–Trinajstić information content (AvgIpc) is 3.64. The summed E-state index contributed by atoms with van der Waals surface area (Å²) in [6.45, 7) is 0. The summed E-state index contributed by atoms with van der Waals surface area (Å²) >= 11 is 3.73. The SMILES string of the molecule is c1ccc2cc(-c3c4ccccc4c(-c4cc5cc6sccc6cc5s4)c4ccc5ccccc5c34)ccc2c1. The van der Waals surface area contributed by atoms with E-state index in [1.807, 2.05) is 22.7 Å². The lowest BCUT2D eigenvalue weighted by Crippen LogP contribution is -1.91. The number of hydrogen-bond acceptors (Lipinski definition) is 2. The van der Waals surface area contributed by atoms with Gasteiger partial charge in [-0.05, 0) is 101 Å². The van der Waals surface area contributed by atoms with E-state index < -0.39 is 0 Å². The highest BCUT2D eigenvalue weighted by molar-refractivity contribution is 7.23. The van der Waals surface area contributed by atoms with Gasteiger partial charge in [0.15, 0.2) is 0 Å². The molecule has 186 valence electrons. The van der Waals surface area contributed by atoms with Gasteiger partial charge in [0.25, 0.3) is 0 Å². The lowest BCUT2D eigenvalue weighted by atomic mass is 9.85. The molecular weight excluding hydrogens is 521 g/mol. The highest BCUT2D eigenvalue weighted by atomic mass is 32.1. The van der Waals surface area contributed by atoms with Gasteiger partial charge in [-0.15, -0.1) is 22.7 Å². The second kappa shape index (κ2) is 8.50. The van der Waals surface area contributed by atoms with Crippen LogP contribution in [0.1, 0.15) is 0 Å². The molecule has 0 aliphatic rings. The molecule has 2 heteroatoms. The molecule has 0 saturated carbocycles. The van der Waals surface area contributed by atoms with E-state index >= 15 is 0 Å². The van der Waals surface area contributed by atoms with E-state index in [1.165, 1.54) is 84.8 Å². The smallest absolute Gasteiger partial charge is 0.0367 e. The van der Waals surface area contributed by atoms with Crippen LogP contribution in [0.2, 0.25) is 0 Å². The zero-order valence-corrected chi connectivity index (χ0v) is 23.2. The van der Waals surface area contributed by atoms with Gasteiger partial charge in [0.05, 0.1) is 0 Å². The van der Waals surface area contributed by atoms with Crippen molar-refractivity contribution >= 4 is 85.9 Å². The predicted octanol–water partition coefficient (Wildman–Crippen LogP) is 12.1. The third kappa shape index (κ3) is 3.24. The summed E-state index contributed by atoms with van der Waals surface area (Å²) in [7, 11) is 0. The zero-order valence-electron chi connectivity index (χ0n) is 21.5. The lowest BCUT2D eigenvalue weighted by molar-refractivity contribution is 1.71. The first-order valence-corrected chi connectivity index (χ1v) is 15.3. The van der Waals surface area contributed by atoms with Crippen molar-refractivity contribution in [1.29, 1.82) is 0 Å². The van der Waals surface area contributed by atoms with Gasteiger partial charge in [0.1, 0.15) is 0 Å². The molecule has 0 aliphatic carbocycles. The lowest BCUT2D eigenvalue weighted by Gasteiger charge is -2.19. The van der Waals surface area contributed by atoms with E-state index in [0.29, 0.717) is 0 Å². The maximum Gasteiger partial charge on any atom is 0.0367 e. The van der Waals surface area contributed by atoms with Gasteiger partial charge in [-0.3, -0.25) is 0 Å². The van der Waals surface area contributed by atoms with E-state index in [4.69, 9.17) is 0 Å².